The molecule has 0 aliphatic heterocycles. The molecular weight excluding hydrogens is 225 g/mol. The topological polar surface area (TPSA) is 66.4 Å². The lowest BCUT2D eigenvalue weighted by Crippen LogP contribution is -2.22. The molecule has 0 saturated heterocycles. The molecule has 1 aromatic rings. The van der Waals surface area contributed by atoms with Crippen molar-refractivity contribution in [2.45, 2.75) is 20.3 Å². The zero-order valence-corrected chi connectivity index (χ0v) is 9.66. The van der Waals surface area contributed by atoms with E-state index >= 15 is 0 Å². The highest BCUT2D eigenvalue weighted by Crippen LogP contribution is 2.21. The number of hydrogen-bond donors (Lipinski definition) is 2. The van der Waals surface area contributed by atoms with E-state index in [2.05, 4.69) is 5.32 Å². The SMILES string of the molecule is CCC(C)C(=O)Nc1c(F)cccc1C(=O)O. The van der Waals surface area contributed by atoms with Crippen LogP contribution in [0.1, 0.15) is 30.6 Å². The molecule has 0 radical (unpaired) electrons. The Bertz CT molecular complexity index is 445. The van der Waals surface area contributed by atoms with Crippen LogP contribution in [0.3, 0.4) is 0 Å². The number of hydrogen-bond acceptors (Lipinski definition) is 2. The van der Waals surface area contributed by atoms with Crippen molar-refractivity contribution < 1.29 is 19.1 Å². The number of para-hydroxylation sites is 1. The van der Waals surface area contributed by atoms with E-state index in [1.807, 2.05) is 6.92 Å². The molecule has 0 aromatic heterocycles. The molecule has 0 fully saturated rings. The van der Waals surface area contributed by atoms with E-state index in [4.69, 9.17) is 5.11 Å². The average Bonchev–Trinajstić information content (AvgIpc) is 2.30. The molecule has 0 aliphatic rings. The number of carbonyl (C=O) groups excluding carboxylic acids is 1. The summed E-state index contributed by atoms with van der Waals surface area (Å²) in [7, 11) is 0. The third-order valence-corrected chi connectivity index (χ3v) is 2.55. The number of nitrogens with one attached hydrogen (secondary N) is 1. The summed E-state index contributed by atoms with van der Waals surface area (Å²) in [5.41, 5.74) is -0.521. The van der Waals surface area contributed by atoms with Gasteiger partial charge in [0.15, 0.2) is 0 Å². The summed E-state index contributed by atoms with van der Waals surface area (Å²) in [6, 6.07) is 3.65. The summed E-state index contributed by atoms with van der Waals surface area (Å²) in [6.07, 6.45) is 0.600. The van der Waals surface area contributed by atoms with Gasteiger partial charge in [0.25, 0.3) is 0 Å². The predicted octanol–water partition coefficient (Wildman–Crippen LogP) is 2.51. The van der Waals surface area contributed by atoms with Crippen molar-refractivity contribution in [1.29, 1.82) is 0 Å². The van der Waals surface area contributed by atoms with Gasteiger partial charge >= 0.3 is 5.97 Å². The fourth-order valence-electron chi connectivity index (χ4n) is 1.26. The lowest BCUT2D eigenvalue weighted by molar-refractivity contribution is -0.119. The number of carboxylic acids is 1. The van der Waals surface area contributed by atoms with Crippen molar-refractivity contribution in [3.8, 4) is 0 Å². The molecule has 1 atom stereocenters. The van der Waals surface area contributed by atoms with Gasteiger partial charge in [-0.1, -0.05) is 19.9 Å². The van der Waals surface area contributed by atoms with Crippen molar-refractivity contribution in [2.75, 3.05) is 5.32 Å². The Morgan fingerprint density at radius 1 is 1.47 bits per heavy atom. The van der Waals surface area contributed by atoms with E-state index in [1.165, 1.54) is 12.1 Å². The molecule has 0 spiro atoms. The Labute approximate surface area is 98.5 Å². The van der Waals surface area contributed by atoms with Crippen LogP contribution in [0.5, 0.6) is 0 Å². The summed E-state index contributed by atoms with van der Waals surface area (Å²) < 4.78 is 13.5. The van der Waals surface area contributed by atoms with Gasteiger partial charge in [0.1, 0.15) is 5.82 Å². The van der Waals surface area contributed by atoms with Crippen LogP contribution in [-0.2, 0) is 4.79 Å². The van der Waals surface area contributed by atoms with Crippen LogP contribution in [-0.4, -0.2) is 17.0 Å². The first-order valence-electron chi connectivity index (χ1n) is 5.30. The number of carboxylic acid groups (broad SMARTS) is 1. The van der Waals surface area contributed by atoms with Crippen molar-refractivity contribution in [3.63, 3.8) is 0 Å². The van der Waals surface area contributed by atoms with Crippen molar-refractivity contribution in [1.82, 2.24) is 0 Å². The minimum absolute atomic E-state index is 0.248. The lowest BCUT2D eigenvalue weighted by Gasteiger charge is -2.12. The van der Waals surface area contributed by atoms with Gasteiger partial charge < -0.3 is 10.4 Å². The molecule has 1 unspecified atom stereocenters. The summed E-state index contributed by atoms with van der Waals surface area (Å²) in [6.45, 7) is 3.51. The highest BCUT2D eigenvalue weighted by molar-refractivity contribution is 6.01. The largest absolute Gasteiger partial charge is 0.478 e. The van der Waals surface area contributed by atoms with Crippen molar-refractivity contribution in [3.05, 3.63) is 29.6 Å². The van der Waals surface area contributed by atoms with Crippen LogP contribution >= 0.6 is 0 Å². The highest BCUT2D eigenvalue weighted by Gasteiger charge is 2.18. The number of benzene rings is 1. The van der Waals surface area contributed by atoms with Gasteiger partial charge in [-0.05, 0) is 18.6 Å². The maximum absolute atomic E-state index is 13.5. The molecule has 1 amide bonds. The number of aromatic carboxylic acids is 1. The average molecular weight is 239 g/mol. The molecule has 92 valence electrons. The molecule has 4 nitrogen and oxygen atoms in total. The van der Waals surface area contributed by atoms with Crippen molar-refractivity contribution >= 4 is 17.6 Å². The Morgan fingerprint density at radius 3 is 2.65 bits per heavy atom. The third kappa shape index (κ3) is 3.03. The van der Waals surface area contributed by atoms with Crippen LogP contribution in [0.15, 0.2) is 18.2 Å². The summed E-state index contributed by atoms with van der Waals surface area (Å²) >= 11 is 0. The second-order valence-corrected chi connectivity index (χ2v) is 3.77. The zero-order chi connectivity index (χ0) is 13.0. The second kappa shape index (κ2) is 5.43. The molecule has 1 aromatic carbocycles. The number of amides is 1. The van der Waals surface area contributed by atoms with E-state index in [1.54, 1.807) is 6.92 Å². The van der Waals surface area contributed by atoms with Gasteiger partial charge in [-0.15, -0.1) is 0 Å². The first-order valence-corrected chi connectivity index (χ1v) is 5.30. The smallest absolute Gasteiger partial charge is 0.337 e. The Balaban J connectivity index is 3.05. The molecule has 0 saturated carbocycles. The van der Waals surface area contributed by atoms with Gasteiger partial charge in [-0.25, -0.2) is 9.18 Å². The molecule has 17 heavy (non-hydrogen) atoms. The van der Waals surface area contributed by atoms with Gasteiger partial charge in [0, 0.05) is 5.92 Å². The van der Waals surface area contributed by atoms with Crippen LogP contribution in [0.2, 0.25) is 0 Å². The number of anilines is 1. The fourth-order valence-corrected chi connectivity index (χ4v) is 1.26. The second-order valence-electron chi connectivity index (χ2n) is 3.77. The van der Waals surface area contributed by atoms with E-state index < -0.39 is 11.8 Å². The standard InChI is InChI=1S/C12H14FNO3/c1-3-7(2)11(15)14-10-8(12(16)17)5-4-6-9(10)13/h4-7H,3H2,1-2H3,(H,14,15)(H,16,17). The Hall–Kier alpha value is -1.91. The van der Waals surface area contributed by atoms with Gasteiger partial charge in [-0.3, -0.25) is 4.79 Å². The molecule has 0 aliphatic carbocycles. The molecule has 2 N–H and O–H groups in total. The fraction of sp³-hybridized carbons (Fsp3) is 0.333. The van der Waals surface area contributed by atoms with E-state index in [0.29, 0.717) is 6.42 Å². The maximum Gasteiger partial charge on any atom is 0.337 e. The summed E-state index contributed by atoms with van der Waals surface area (Å²) in [5.74, 6) is -2.71. The van der Waals surface area contributed by atoms with Gasteiger partial charge in [-0.2, -0.15) is 0 Å². The van der Waals surface area contributed by atoms with Crippen molar-refractivity contribution in [2.24, 2.45) is 5.92 Å². The number of rotatable bonds is 4. The predicted molar refractivity (Wildman–Crippen MR) is 61.4 cm³/mol. The van der Waals surface area contributed by atoms with E-state index in [-0.39, 0.29) is 23.1 Å². The Morgan fingerprint density at radius 2 is 2.12 bits per heavy atom. The molecule has 1 rings (SSSR count). The van der Waals surface area contributed by atoms with E-state index in [0.717, 1.165) is 6.07 Å². The van der Waals surface area contributed by atoms with Crippen LogP contribution in [0.4, 0.5) is 10.1 Å². The molecular formula is C12H14FNO3. The number of carbonyl (C=O) groups is 2. The monoisotopic (exact) mass is 239 g/mol. The Kier molecular flexibility index (Phi) is 4.20. The van der Waals surface area contributed by atoms with Crippen LogP contribution in [0, 0.1) is 11.7 Å². The summed E-state index contributed by atoms with van der Waals surface area (Å²) in [4.78, 5) is 22.5. The highest BCUT2D eigenvalue weighted by atomic mass is 19.1. The van der Waals surface area contributed by atoms with Gasteiger partial charge in [0.2, 0.25) is 5.91 Å². The third-order valence-electron chi connectivity index (χ3n) is 2.55. The summed E-state index contributed by atoms with van der Waals surface area (Å²) in [5, 5.41) is 11.2. The molecule has 0 heterocycles. The molecule has 5 heteroatoms. The normalized spacial score (nSPS) is 11.9. The minimum Gasteiger partial charge on any atom is -0.478 e. The number of halogens is 1. The minimum atomic E-state index is -1.27. The van der Waals surface area contributed by atoms with Crippen LogP contribution < -0.4 is 5.32 Å². The first kappa shape index (κ1) is 13.2. The van der Waals surface area contributed by atoms with Crippen LogP contribution in [0.25, 0.3) is 0 Å². The maximum atomic E-state index is 13.5. The van der Waals surface area contributed by atoms with Gasteiger partial charge in [0.05, 0.1) is 11.3 Å². The first-order chi connectivity index (χ1) is 7.97. The van der Waals surface area contributed by atoms with E-state index in [9.17, 15) is 14.0 Å². The lowest BCUT2D eigenvalue weighted by atomic mass is 10.1. The quantitative estimate of drug-likeness (QED) is 0.848. The zero-order valence-electron chi connectivity index (χ0n) is 9.66. The molecule has 0 bridgehead atoms.